The number of piperidine rings is 1. The molecule has 128 valence electrons. The van der Waals surface area contributed by atoms with E-state index in [4.69, 9.17) is 9.94 Å². The van der Waals surface area contributed by atoms with Gasteiger partial charge >= 0.3 is 5.97 Å². The summed E-state index contributed by atoms with van der Waals surface area (Å²) in [6.45, 7) is 8.91. The first-order chi connectivity index (χ1) is 10.2. The van der Waals surface area contributed by atoms with E-state index in [1.807, 2.05) is 0 Å². The predicted octanol–water partition coefficient (Wildman–Crippen LogP) is 4.09. The van der Waals surface area contributed by atoms with Crippen LogP contribution < -0.4 is 0 Å². The van der Waals surface area contributed by atoms with Crippen molar-refractivity contribution in [2.24, 2.45) is 0 Å². The Hall–Kier alpha value is -0.260. The fourth-order valence-corrected chi connectivity index (χ4v) is 5.51. The Labute approximate surface area is 138 Å². The van der Waals surface area contributed by atoms with Crippen molar-refractivity contribution in [3.63, 3.8) is 0 Å². The Morgan fingerprint density at radius 1 is 1.14 bits per heavy atom. The van der Waals surface area contributed by atoms with Gasteiger partial charge in [-0.2, -0.15) is 5.06 Å². The van der Waals surface area contributed by atoms with E-state index in [1.54, 1.807) is 11.8 Å². The summed E-state index contributed by atoms with van der Waals surface area (Å²) in [5.74, 6) is -0.526. The van der Waals surface area contributed by atoms with Crippen LogP contribution in [0.3, 0.4) is 0 Å². The van der Waals surface area contributed by atoms with Gasteiger partial charge in [0.1, 0.15) is 0 Å². The minimum atomic E-state index is -0.721. The van der Waals surface area contributed by atoms with Crippen molar-refractivity contribution in [1.29, 1.82) is 0 Å². The Kier molecular flexibility index (Phi) is 5.84. The third kappa shape index (κ3) is 4.62. The van der Waals surface area contributed by atoms with Crippen molar-refractivity contribution in [3.05, 3.63) is 0 Å². The van der Waals surface area contributed by atoms with Crippen LogP contribution in [0.25, 0.3) is 0 Å². The first kappa shape index (κ1) is 18.1. The van der Waals surface area contributed by atoms with Gasteiger partial charge in [0.15, 0.2) is 0 Å². The molecule has 4 nitrogen and oxygen atoms in total. The standard InChI is InChI=1S/C17H31NO3S/c1-16(2)10-14(22-12-15(19)20)11-17(3,4)18(16)21-13-8-6-5-7-9-13/h13-14H,5-12H2,1-4H3,(H,19,20). The smallest absolute Gasteiger partial charge is 0.313 e. The summed E-state index contributed by atoms with van der Waals surface area (Å²) in [4.78, 5) is 17.3. The number of hydrogen-bond acceptors (Lipinski definition) is 4. The summed E-state index contributed by atoms with van der Waals surface area (Å²) >= 11 is 1.58. The molecule has 0 aromatic rings. The highest BCUT2D eigenvalue weighted by Crippen LogP contribution is 2.43. The van der Waals surface area contributed by atoms with Crippen LogP contribution in [0.15, 0.2) is 0 Å². The molecule has 2 rings (SSSR count). The molecule has 5 heteroatoms. The minimum Gasteiger partial charge on any atom is -0.481 e. The lowest BCUT2D eigenvalue weighted by Gasteiger charge is -2.54. The van der Waals surface area contributed by atoms with Crippen LogP contribution in [0.1, 0.15) is 72.6 Å². The topological polar surface area (TPSA) is 49.8 Å². The number of aliphatic carboxylic acids is 1. The number of carbonyl (C=O) groups is 1. The molecule has 0 aromatic heterocycles. The summed E-state index contributed by atoms with van der Waals surface area (Å²) in [7, 11) is 0. The van der Waals surface area contributed by atoms with E-state index < -0.39 is 5.97 Å². The third-order valence-electron chi connectivity index (χ3n) is 4.80. The summed E-state index contributed by atoms with van der Waals surface area (Å²) in [5.41, 5.74) is -0.120. The largest absolute Gasteiger partial charge is 0.481 e. The van der Waals surface area contributed by atoms with Crippen molar-refractivity contribution in [1.82, 2.24) is 5.06 Å². The Bertz CT molecular complexity index is 373. The molecule has 1 aliphatic carbocycles. The van der Waals surface area contributed by atoms with Gasteiger partial charge in [-0.3, -0.25) is 9.63 Å². The zero-order valence-electron chi connectivity index (χ0n) is 14.4. The molecule has 2 fully saturated rings. The highest BCUT2D eigenvalue weighted by Gasteiger charge is 2.47. The molecule has 1 heterocycles. The van der Waals surface area contributed by atoms with Gasteiger partial charge in [-0.1, -0.05) is 19.3 Å². The second-order valence-corrected chi connectivity index (χ2v) is 9.31. The van der Waals surface area contributed by atoms with Crippen molar-refractivity contribution in [3.8, 4) is 0 Å². The molecule has 0 bridgehead atoms. The minimum absolute atomic E-state index is 0.0602. The number of hydrogen-bond donors (Lipinski definition) is 1. The van der Waals surface area contributed by atoms with E-state index >= 15 is 0 Å². The zero-order chi connectivity index (χ0) is 16.4. The predicted molar refractivity (Wildman–Crippen MR) is 91.1 cm³/mol. The lowest BCUT2D eigenvalue weighted by Crippen LogP contribution is -2.62. The zero-order valence-corrected chi connectivity index (χ0v) is 15.2. The van der Waals surface area contributed by atoms with Gasteiger partial charge in [0.25, 0.3) is 0 Å². The van der Waals surface area contributed by atoms with Crippen LogP contribution >= 0.6 is 11.8 Å². The molecule has 0 amide bonds. The van der Waals surface area contributed by atoms with E-state index in [0.29, 0.717) is 11.4 Å². The average molecular weight is 330 g/mol. The second-order valence-electron chi connectivity index (χ2n) is 8.02. The number of hydroxylamine groups is 2. The van der Waals surface area contributed by atoms with Crippen molar-refractivity contribution >= 4 is 17.7 Å². The quantitative estimate of drug-likeness (QED) is 0.823. The number of thioether (sulfide) groups is 1. The Balaban J connectivity index is 2.02. The molecule has 0 spiro atoms. The average Bonchev–Trinajstić information content (AvgIpc) is 2.41. The maximum atomic E-state index is 10.8. The van der Waals surface area contributed by atoms with Crippen LogP contribution in [-0.4, -0.2) is 44.3 Å². The van der Waals surface area contributed by atoms with Gasteiger partial charge in [-0.05, 0) is 53.4 Å². The van der Waals surface area contributed by atoms with Crippen LogP contribution in [0.4, 0.5) is 0 Å². The van der Waals surface area contributed by atoms with E-state index in [0.717, 1.165) is 12.8 Å². The van der Waals surface area contributed by atoms with Gasteiger partial charge < -0.3 is 5.11 Å². The van der Waals surface area contributed by atoms with E-state index in [2.05, 4.69) is 32.8 Å². The highest BCUT2D eigenvalue weighted by molar-refractivity contribution is 8.00. The molecule has 0 radical (unpaired) electrons. The molecule has 1 aliphatic heterocycles. The molecule has 0 aromatic carbocycles. The highest BCUT2D eigenvalue weighted by atomic mass is 32.2. The molecule has 2 aliphatic rings. The Morgan fingerprint density at radius 2 is 1.68 bits per heavy atom. The maximum Gasteiger partial charge on any atom is 0.313 e. The fraction of sp³-hybridized carbons (Fsp3) is 0.941. The van der Waals surface area contributed by atoms with Crippen LogP contribution in [-0.2, 0) is 9.63 Å². The molecular formula is C17H31NO3S. The van der Waals surface area contributed by atoms with Crippen molar-refractivity contribution in [2.75, 3.05) is 5.75 Å². The van der Waals surface area contributed by atoms with E-state index in [-0.39, 0.29) is 16.8 Å². The number of carboxylic acids is 1. The third-order valence-corrected chi connectivity index (χ3v) is 6.02. The summed E-state index contributed by atoms with van der Waals surface area (Å²) < 4.78 is 0. The monoisotopic (exact) mass is 329 g/mol. The van der Waals surface area contributed by atoms with Gasteiger partial charge in [-0.25, -0.2) is 0 Å². The second kappa shape index (κ2) is 7.10. The fourth-order valence-electron chi connectivity index (χ4n) is 4.08. The number of carboxylic acid groups (broad SMARTS) is 1. The molecule has 22 heavy (non-hydrogen) atoms. The summed E-state index contributed by atoms with van der Waals surface area (Å²) in [6.07, 6.45) is 8.52. The van der Waals surface area contributed by atoms with E-state index in [1.165, 1.54) is 32.1 Å². The van der Waals surface area contributed by atoms with Gasteiger partial charge in [0, 0.05) is 16.3 Å². The van der Waals surface area contributed by atoms with Crippen LogP contribution in [0.5, 0.6) is 0 Å². The van der Waals surface area contributed by atoms with Crippen LogP contribution in [0.2, 0.25) is 0 Å². The molecule has 0 unspecified atom stereocenters. The molecule has 1 N–H and O–H groups in total. The Morgan fingerprint density at radius 3 is 2.18 bits per heavy atom. The number of nitrogens with zero attached hydrogens (tertiary/aromatic N) is 1. The molecular weight excluding hydrogens is 298 g/mol. The van der Waals surface area contributed by atoms with Gasteiger partial charge in [-0.15, -0.1) is 11.8 Å². The lowest BCUT2D eigenvalue weighted by atomic mass is 9.81. The van der Waals surface area contributed by atoms with Crippen molar-refractivity contribution < 1.29 is 14.7 Å². The first-order valence-electron chi connectivity index (χ1n) is 8.51. The molecule has 1 saturated carbocycles. The van der Waals surface area contributed by atoms with Gasteiger partial charge in [0.05, 0.1) is 11.9 Å². The first-order valence-corrected chi connectivity index (χ1v) is 9.56. The van der Waals surface area contributed by atoms with Crippen LogP contribution in [0, 0.1) is 0 Å². The lowest BCUT2D eigenvalue weighted by molar-refractivity contribution is -0.307. The SMILES string of the molecule is CC1(C)CC(SCC(=O)O)CC(C)(C)N1OC1CCCCC1. The van der Waals surface area contributed by atoms with Gasteiger partial charge in [0.2, 0.25) is 0 Å². The summed E-state index contributed by atoms with van der Waals surface area (Å²) in [6, 6.07) is 0. The molecule has 1 saturated heterocycles. The van der Waals surface area contributed by atoms with E-state index in [9.17, 15) is 4.79 Å². The molecule has 0 atom stereocenters. The number of rotatable bonds is 5. The van der Waals surface area contributed by atoms with Crippen molar-refractivity contribution in [2.45, 2.75) is 95.1 Å². The normalized spacial score (nSPS) is 26.9. The summed E-state index contributed by atoms with van der Waals surface area (Å²) in [5, 5.41) is 11.5. The maximum absolute atomic E-state index is 10.8.